The van der Waals surface area contributed by atoms with Crippen molar-refractivity contribution in [3.05, 3.63) is 17.5 Å². The molecule has 0 saturated heterocycles. The molecule has 0 aliphatic heterocycles. The Labute approximate surface area is 107 Å². The average Bonchev–Trinajstić information content (AvgIpc) is 2.70. The predicted molar refractivity (Wildman–Crippen MR) is 67.5 cm³/mol. The molecule has 0 aromatic carbocycles. The van der Waals surface area contributed by atoms with Crippen molar-refractivity contribution in [2.45, 2.75) is 32.9 Å². The lowest BCUT2D eigenvalue weighted by Crippen LogP contribution is -2.30. The lowest BCUT2D eigenvalue weighted by Gasteiger charge is -2.10. The highest BCUT2D eigenvalue weighted by Gasteiger charge is 2.13. The minimum absolute atomic E-state index is 0.165. The van der Waals surface area contributed by atoms with Gasteiger partial charge in [0.25, 0.3) is 5.91 Å². The maximum Gasteiger partial charge on any atom is 0.269 e. The Morgan fingerprint density at radius 2 is 2.39 bits per heavy atom. The zero-order valence-corrected chi connectivity index (χ0v) is 11.1. The SMILES string of the molecule is CCn1nc(C)cc1C(=O)NCCC(O)COC. The Hall–Kier alpha value is -1.40. The lowest BCUT2D eigenvalue weighted by atomic mass is 10.2. The molecule has 0 aliphatic rings. The summed E-state index contributed by atoms with van der Waals surface area (Å²) in [6, 6.07) is 1.75. The van der Waals surface area contributed by atoms with E-state index < -0.39 is 6.10 Å². The summed E-state index contributed by atoms with van der Waals surface area (Å²) in [5, 5.41) is 16.4. The summed E-state index contributed by atoms with van der Waals surface area (Å²) in [7, 11) is 1.53. The molecule has 6 heteroatoms. The van der Waals surface area contributed by atoms with Crippen LogP contribution in [0, 0.1) is 6.92 Å². The molecule has 1 amide bonds. The number of hydrogen-bond donors (Lipinski definition) is 2. The summed E-state index contributed by atoms with van der Waals surface area (Å²) in [6.45, 7) is 5.14. The highest BCUT2D eigenvalue weighted by Crippen LogP contribution is 2.03. The number of aliphatic hydroxyl groups is 1. The maximum absolute atomic E-state index is 11.9. The van der Waals surface area contributed by atoms with Crippen LogP contribution in [0.4, 0.5) is 0 Å². The van der Waals surface area contributed by atoms with E-state index in [1.54, 1.807) is 10.7 Å². The van der Waals surface area contributed by atoms with E-state index in [0.29, 0.717) is 25.2 Å². The first-order chi connectivity index (χ1) is 8.58. The molecule has 102 valence electrons. The third kappa shape index (κ3) is 4.12. The van der Waals surface area contributed by atoms with Crippen molar-refractivity contribution in [1.29, 1.82) is 0 Å². The van der Waals surface area contributed by atoms with Crippen molar-refractivity contribution in [2.24, 2.45) is 0 Å². The molecule has 0 fully saturated rings. The number of hydrogen-bond acceptors (Lipinski definition) is 4. The van der Waals surface area contributed by atoms with E-state index in [4.69, 9.17) is 4.74 Å². The van der Waals surface area contributed by atoms with Gasteiger partial charge in [-0.3, -0.25) is 9.48 Å². The van der Waals surface area contributed by atoms with Crippen LogP contribution in [0.25, 0.3) is 0 Å². The Morgan fingerprint density at radius 1 is 1.67 bits per heavy atom. The first kappa shape index (κ1) is 14.7. The van der Waals surface area contributed by atoms with E-state index in [1.807, 2.05) is 13.8 Å². The van der Waals surface area contributed by atoms with Crippen molar-refractivity contribution in [1.82, 2.24) is 15.1 Å². The number of aryl methyl sites for hydroxylation is 2. The fraction of sp³-hybridized carbons (Fsp3) is 0.667. The average molecular weight is 255 g/mol. The molecule has 2 N–H and O–H groups in total. The first-order valence-electron chi connectivity index (χ1n) is 6.08. The summed E-state index contributed by atoms with van der Waals surface area (Å²) < 4.78 is 6.47. The second-order valence-corrected chi connectivity index (χ2v) is 4.14. The van der Waals surface area contributed by atoms with Gasteiger partial charge in [-0.25, -0.2) is 0 Å². The Bertz CT molecular complexity index is 390. The number of aliphatic hydroxyl groups excluding tert-OH is 1. The van der Waals surface area contributed by atoms with Crippen molar-refractivity contribution in [3.63, 3.8) is 0 Å². The maximum atomic E-state index is 11.9. The number of methoxy groups -OCH3 is 1. The molecule has 1 rings (SSSR count). The van der Waals surface area contributed by atoms with Gasteiger partial charge in [0.15, 0.2) is 0 Å². The molecule has 1 aromatic rings. The Morgan fingerprint density at radius 3 is 3.00 bits per heavy atom. The van der Waals surface area contributed by atoms with Gasteiger partial charge in [-0.15, -0.1) is 0 Å². The molecule has 1 atom stereocenters. The quantitative estimate of drug-likeness (QED) is 0.736. The monoisotopic (exact) mass is 255 g/mol. The molecular weight excluding hydrogens is 234 g/mol. The third-order valence-electron chi connectivity index (χ3n) is 2.56. The van der Waals surface area contributed by atoms with Crippen LogP contribution in [-0.2, 0) is 11.3 Å². The van der Waals surface area contributed by atoms with Crippen LogP contribution in [0.1, 0.15) is 29.5 Å². The van der Waals surface area contributed by atoms with Crippen LogP contribution in [0.3, 0.4) is 0 Å². The van der Waals surface area contributed by atoms with Crippen molar-refractivity contribution in [3.8, 4) is 0 Å². The molecule has 0 spiro atoms. The second-order valence-electron chi connectivity index (χ2n) is 4.14. The largest absolute Gasteiger partial charge is 0.391 e. The van der Waals surface area contributed by atoms with E-state index in [9.17, 15) is 9.90 Å². The summed E-state index contributed by atoms with van der Waals surface area (Å²) in [4.78, 5) is 11.9. The highest BCUT2D eigenvalue weighted by atomic mass is 16.5. The van der Waals surface area contributed by atoms with Gasteiger partial charge < -0.3 is 15.2 Å². The number of aromatic nitrogens is 2. The zero-order chi connectivity index (χ0) is 13.5. The highest BCUT2D eigenvalue weighted by molar-refractivity contribution is 5.92. The number of rotatable bonds is 7. The van der Waals surface area contributed by atoms with Crippen molar-refractivity contribution in [2.75, 3.05) is 20.3 Å². The first-order valence-corrected chi connectivity index (χ1v) is 6.08. The molecule has 0 radical (unpaired) electrons. The summed E-state index contributed by atoms with van der Waals surface area (Å²) in [6.07, 6.45) is -0.0770. The van der Waals surface area contributed by atoms with Crippen LogP contribution in [0.5, 0.6) is 0 Å². The molecule has 0 bridgehead atoms. The van der Waals surface area contributed by atoms with Gasteiger partial charge in [0.2, 0.25) is 0 Å². The fourth-order valence-electron chi connectivity index (χ4n) is 1.69. The Balaban J connectivity index is 2.45. The lowest BCUT2D eigenvalue weighted by molar-refractivity contribution is 0.0587. The van der Waals surface area contributed by atoms with Gasteiger partial charge in [0.1, 0.15) is 5.69 Å². The molecule has 1 heterocycles. The summed E-state index contributed by atoms with van der Waals surface area (Å²) >= 11 is 0. The molecule has 0 saturated carbocycles. The number of ether oxygens (including phenoxy) is 1. The van der Waals surface area contributed by atoms with E-state index >= 15 is 0 Å². The number of carbonyl (C=O) groups excluding carboxylic acids is 1. The fourth-order valence-corrected chi connectivity index (χ4v) is 1.69. The van der Waals surface area contributed by atoms with Gasteiger partial charge in [-0.1, -0.05) is 0 Å². The normalized spacial score (nSPS) is 12.4. The van der Waals surface area contributed by atoms with Gasteiger partial charge >= 0.3 is 0 Å². The van der Waals surface area contributed by atoms with Gasteiger partial charge in [0, 0.05) is 20.2 Å². The van der Waals surface area contributed by atoms with Gasteiger partial charge in [0.05, 0.1) is 18.4 Å². The van der Waals surface area contributed by atoms with Crippen molar-refractivity contribution >= 4 is 5.91 Å². The summed E-state index contributed by atoms with van der Waals surface area (Å²) in [5.41, 5.74) is 1.37. The third-order valence-corrected chi connectivity index (χ3v) is 2.56. The minimum Gasteiger partial charge on any atom is -0.391 e. The molecule has 1 unspecified atom stereocenters. The topological polar surface area (TPSA) is 76.4 Å². The molecule has 18 heavy (non-hydrogen) atoms. The van der Waals surface area contributed by atoms with Crippen LogP contribution >= 0.6 is 0 Å². The number of carbonyl (C=O) groups is 1. The standard InChI is InChI=1S/C12H21N3O3/c1-4-15-11(7-9(2)14-15)12(17)13-6-5-10(16)8-18-3/h7,10,16H,4-6,8H2,1-3H3,(H,13,17). The molecule has 1 aromatic heterocycles. The van der Waals surface area contributed by atoms with Crippen LogP contribution in [0.2, 0.25) is 0 Å². The van der Waals surface area contributed by atoms with E-state index in [0.717, 1.165) is 5.69 Å². The van der Waals surface area contributed by atoms with Crippen LogP contribution in [0.15, 0.2) is 6.07 Å². The number of amides is 1. The predicted octanol–water partition coefficient (Wildman–Crippen LogP) is 0.339. The minimum atomic E-state index is -0.548. The number of nitrogens with one attached hydrogen (secondary N) is 1. The number of nitrogens with zero attached hydrogens (tertiary/aromatic N) is 2. The zero-order valence-electron chi connectivity index (χ0n) is 11.1. The molecule has 6 nitrogen and oxygen atoms in total. The van der Waals surface area contributed by atoms with Gasteiger partial charge in [-0.2, -0.15) is 5.10 Å². The smallest absolute Gasteiger partial charge is 0.269 e. The molecule has 0 aliphatic carbocycles. The van der Waals surface area contributed by atoms with Crippen molar-refractivity contribution < 1.29 is 14.6 Å². The van der Waals surface area contributed by atoms with E-state index in [-0.39, 0.29) is 12.5 Å². The summed E-state index contributed by atoms with van der Waals surface area (Å²) in [5.74, 6) is -0.165. The Kier molecular flexibility index (Phi) is 5.80. The van der Waals surface area contributed by atoms with E-state index in [1.165, 1.54) is 7.11 Å². The van der Waals surface area contributed by atoms with Crippen LogP contribution < -0.4 is 5.32 Å². The molecular formula is C12H21N3O3. The second kappa shape index (κ2) is 7.13. The van der Waals surface area contributed by atoms with Crippen LogP contribution in [-0.4, -0.2) is 47.2 Å². The van der Waals surface area contributed by atoms with Gasteiger partial charge in [-0.05, 0) is 26.3 Å². The van der Waals surface area contributed by atoms with E-state index in [2.05, 4.69) is 10.4 Å².